The summed E-state index contributed by atoms with van der Waals surface area (Å²) in [7, 11) is 0. The van der Waals surface area contributed by atoms with Crippen LogP contribution in [-0.4, -0.2) is 20.9 Å². The lowest BCUT2D eigenvalue weighted by atomic mass is 10.0. The van der Waals surface area contributed by atoms with Crippen LogP contribution in [0.15, 0.2) is 55.0 Å². The lowest BCUT2D eigenvalue weighted by Gasteiger charge is -2.05. The molecule has 1 aromatic carbocycles. The van der Waals surface area contributed by atoms with Gasteiger partial charge < -0.3 is 10.3 Å². The van der Waals surface area contributed by atoms with Crippen molar-refractivity contribution in [2.45, 2.75) is 12.8 Å². The Bertz CT molecular complexity index is 1230. The van der Waals surface area contributed by atoms with Crippen LogP contribution in [0.3, 0.4) is 0 Å². The van der Waals surface area contributed by atoms with Gasteiger partial charge in [0, 0.05) is 50.6 Å². The molecule has 5 nitrogen and oxygen atoms in total. The third-order valence-electron chi connectivity index (χ3n) is 4.91. The van der Waals surface area contributed by atoms with Crippen LogP contribution in [0.5, 0.6) is 0 Å². The fourth-order valence-electron chi connectivity index (χ4n) is 3.23. The molecule has 3 heterocycles. The molecule has 150 valence electrons. The zero-order valence-corrected chi connectivity index (χ0v) is 18.0. The number of halogens is 2. The van der Waals surface area contributed by atoms with Crippen molar-refractivity contribution in [3.8, 4) is 32.3 Å². The molecule has 1 aliphatic carbocycles. The largest absolute Gasteiger partial charge is 0.344 e. The number of nitrogens with one attached hydrogen (secondary N) is 2. The van der Waals surface area contributed by atoms with Gasteiger partial charge in [-0.3, -0.25) is 4.79 Å². The highest BCUT2D eigenvalue weighted by Gasteiger charge is 2.29. The molecule has 0 atom stereocenters. The lowest BCUT2D eigenvalue weighted by molar-refractivity contribution is -0.117. The number of aromatic amines is 1. The molecule has 1 fully saturated rings. The molecular formula is C22H16Cl2N4OS. The average Bonchev–Trinajstić information content (AvgIpc) is 3.27. The third kappa shape index (κ3) is 3.86. The predicted molar refractivity (Wildman–Crippen MR) is 122 cm³/mol. The molecule has 0 unspecified atom stereocenters. The summed E-state index contributed by atoms with van der Waals surface area (Å²) >= 11 is 14.2. The normalized spacial score (nSPS) is 13.4. The number of nitrogens with zero attached hydrogens (tertiary/aromatic N) is 2. The zero-order valence-electron chi connectivity index (χ0n) is 15.7. The number of anilines is 1. The smallest absolute Gasteiger partial charge is 0.228 e. The molecule has 1 aliphatic rings. The van der Waals surface area contributed by atoms with E-state index in [0.717, 1.165) is 45.1 Å². The molecule has 1 amide bonds. The minimum absolute atomic E-state index is 0.0377. The topological polar surface area (TPSA) is 70.7 Å². The molecule has 0 bridgehead atoms. The highest BCUT2D eigenvalue weighted by atomic mass is 35.5. The second-order valence-corrected chi connectivity index (χ2v) is 9.00. The third-order valence-corrected chi connectivity index (χ3v) is 6.65. The Labute approximate surface area is 187 Å². The van der Waals surface area contributed by atoms with Crippen LogP contribution in [0.4, 0.5) is 5.82 Å². The number of carbonyl (C=O) groups excluding carboxylic acids is 1. The van der Waals surface area contributed by atoms with Crippen LogP contribution < -0.4 is 5.32 Å². The Kier molecular flexibility index (Phi) is 5.06. The van der Waals surface area contributed by atoms with Gasteiger partial charge in [-0.2, -0.15) is 0 Å². The minimum atomic E-state index is 0.0377. The number of carbonyl (C=O) groups is 1. The summed E-state index contributed by atoms with van der Waals surface area (Å²) in [5.41, 5.74) is 2.81. The molecule has 5 rings (SSSR count). The van der Waals surface area contributed by atoms with Gasteiger partial charge in [0.05, 0.1) is 4.88 Å². The second-order valence-electron chi connectivity index (χ2n) is 7.11. The van der Waals surface area contributed by atoms with Gasteiger partial charge in [-0.1, -0.05) is 29.3 Å². The Balaban J connectivity index is 1.57. The summed E-state index contributed by atoms with van der Waals surface area (Å²) in [4.78, 5) is 26.0. The van der Waals surface area contributed by atoms with E-state index in [2.05, 4.69) is 26.3 Å². The van der Waals surface area contributed by atoms with Crippen molar-refractivity contribution in [1.82, 2.24) is 15.0 Å². The van der Waals surface area contributed by atoms with Crippen molar-refractivity contribution >= 4 is 46.3 Å². The van der Waals surface area contributed by atoms with Gasteiger partial charge in [0.1, 0.15) is 11.6 Å². The highest BCUT2D eigenvalue weighted by molar-refractivity contribution is 7.19. The summed E-state index contributed by atoms with van der Waals surface area (Å²) in [5.74, 6) is 1.49. The fraction of sp³-hybridized carbons (Fsp3) is 0.136. The van der Waals surface area contributed by atoms with Crippen molar-refractivity contribution in [2.75, 3.05) is 5.32 Å². The molecule has 8 heteroatoms. The van der Waals surface area contributed by atoms with E-state index in [9.17, 15) is 4.79 Å². The number of amides is 1. The Morgan fingerprint density at radius 3 is 2.67 bits per heavy atom. The van der Waals surface area contributed by atoms with Crippen molar-refractivity contribution in [1.29, 1.82) is 0 Å². The zero-order chi connectivity index (χ0) is 20.7. The molecule has 3 aromatic heterocycles. The first-order chi connectivity index (χ1) is 14.6. The number of H-pyrrole nitrogens is 1. The average molecular weight is 455 g/mol. The standard InChI is InChI=1S/C22H16Cl2N4OS/c23-14-3-4-15(17(24)10-14)16-11-18(30-20(16)21-26-7-8-27-21)13-5-6-25-19(9-13)28-22(29)12-1-2-12/h3-12H,1-2H2,(H,26,27)(H,25,28,29). The molecule has 0 aliphatic heterocycles. The molecule has 0 spiro atoms. The van der Waals surface area contributed by atoms with Crippen LogP contribution in [-0.2, 0) is 4.79 Å². The summed E-state index contributed by atoms with van der Waals surface area (Å²) in [5, 5.41) is 4.07. The van der Waals surface area contributed by atoms with Gasteiger partial charge in [0.15, 0.2) is 0 Å². The van der Waals surface area contributed by atoms with Crippen molar-refractivity contribution in [3.63, 3.8) is 0 Å². The van der Waals surface area contributed by atoms with Crippen molar-refractivity contribution in [2.24, 2.45) is 5.92 Å². The lowest BCUT2D eigenvalue weighted by Crippen LogP contribution is -2.14. The van der Waals surface area contributed by atoms with Crippen LogP contribution in [0.25, 0.3) is 32.3 Å². The quantitative estimate of drug-likeness (QED) is 0.360. The molecule has 1 saturated carbocycles. The molecule has 0 radical (unpaired) electrons. The van der Waals surface area contributed by atoms with E-state index in [1.54, 1.807) is 36.0 Å². The van der Waals surface area contributed by atoms with Crippen molar-refractivity contribution < 1.29 is 4.79 Å². The molecule has 4 aromatic rings. The van der Waals surface area contributed by atoms with E-state index in [4.69, 9.17) is 23.2 Å². The molecule has 0 saturated heterocycles. The molecule has 30 heavy (non-hydrogen) atoms. The summed E-state index contributed by atoms with van der Waals surface area (Å²) in [6.07, 6.45) is 7.13. The summed E-state index contributed by atoms with van der Waals surface area (Å²) < 4.78 is 0. The van der Waals surface area contributed by atoms with Gasteiger partial charge in [-0.15, -0.1) is 11.3 Å². The molecule has 2 N–H and O–H groups in total. The maximum Gasteiger partial charge on any atom is 0.228 e. The fourth-order valence-corrected chi connectivity index (χ4v) is 4.87. The Morgan fingerprint density at radius 1 is 1.07 bits per heavy atom. The summed E-state index contributed by atoms with van der Waals surface area (Å²) in [6, 6.07) is 11.4. The van der Waals surface area contributed by atoms with E-state index < -0.39 is 0 Å². The Hall–Kier alpha value is -2.67. The number of pyridine rings is 1. The first-order valence-electron chi connectivity index (χ1n) is 9.45. The van der Waals surface area contributed by atoms with E-state index in [1.165, 1.54) is 0 Å². The number of benzene rings is 1. The van der Waals surface area contributed by atoms with E-state index >= 15 is 0 Å². The second kappa shape index (κ2) is 7.87. The number of rotatable bonds is 5. The van der Waals surface area contributed by atoms with Gasteiger partial charge in [-0.25, -0.2) is 9.97 Å². The van der Waals surface area contributed by atoms with Crippen LogP contribution in [0.2, 0.25) is 10.0 Å². The van der Waals surface area contributed by atoms with Gasteiger partial charge in [-0.05, 0) is 48.7 Å². The van der Waals surface area contributed by atoms with E-state index in [1.807, 2.05) is 24.3 Å². The van der Waals surface area contributed by atoms with Gasteiger partial charge in [0.25, 0.3) is 0 Å². The maximum absolute atomic E-state index is 12.1. The van der Waals surface area contributed by atoms with Crippen LogP contribution in [0, 0.1) is 5.92 Å². The van der Waals surface area contributed by atoms with Gasteiger partial charge in [0.2, 0.25) is 5.91 Å². The predicted octanol–water partition coefficient (Wildman–Crippen LogP) is 6.52. The number of aromatic nitrogens is 3. The van der Waals surface area contributed by atoms with Crippen molar-refractivity contribution in [3.05, 3.63) is 65.0 Å². The minimum Gasteiger partial charge on any atom is -0.344 e. The number of hydrogen-bond acceptors (Lipinski definition) is 4. The number of thiophene rings is 1. The van der Waals surface area contributed by atoms with E-state index in [0.29, 0.717) is 15.9 Å². The molecular weight excluding hydrogens is 439 g/mol. The van der Waals surface area contributed by atoms with Gasteiger partial charge >= 0.3 is 0 Å². The first-order valence-corrected chi connectivity index (χ1v) is 11.0. The number of imidazole rings is 1. The summed E-state index contributed by atoms with van der Waals surface area (Å²) in [6.45, 7) is 0. The monoisotopic (exact) mass is 454 g/mol. The highest BCUT2D eigenvalue weighted by Crippen LogP contribution is 2.44. The number of hydrogen-bond donors (Lipinski definition) is 2. The Morgan fingerprint density at radius 2 is 1.93 bits per heavy atom. The maximum atomic E-state index is 12.1. The first kappa shape index (κ1) is 19.3. The van der Waals surface area contributed by atoms with Crippen LogP contribution in [0.1, 0.15) is 12.8 Å². The van der Waals surface area contributed by atoms with E-state index in [-0.39, 0.29) is 11.8 Å². The SMILES string of the molecule is O=C(Nc1cc(-c2cc(-c3ccc(Cl)cc3Cl)c(-c3ncc[nH]3)s2)ccn1)C1CC1. The van der Waals surface area contributed by atoms with Crippen LogP contribution >= 0.6 is 34.5 Å².